The smallest absolute Gasteiger partial charge is 0.242 e. The normalized spacial score (nSPS) is 21.8. The summed E-state index contributed by atoms with van der Waals surface area (Å²) in [6.45, 7) is 4.02. The summed E-state index contributed by atoms with van der Waals surface area (Å²) >= 11 is 0. The molecule has 1 fully saturated rings. The zero-order chi connectivity index (χ0) is 12.7. The van der Waals surface area contributed by atoms with Crippen LogP contribution in [-0.4, -0.2) is 19.4 Å². The van der Waals surface area contributed by atoms with Crippen molar-refractivity contribution >= 4 is 10.0 Å². The number of rotatable bonds is 3. The summed E-state index contributed by atoms with van der Waals surface area (Å²) in [5.41, 5.74) is 0.239. The van der Waals surface area contributed by atoms with Crippen molar-refractivity contribution in [3.8, 4) is 6.07 Å². The maximum Gasteiger partial charge on any atom is 0.242 e. The average molecular weight is 251 g/mol. The van der Waals surface area contributed by atoms with E-state index in [1.165, 1.54) is 18.3 Å². The van der Waals surface area contributed by atoms with Gasteiger partial charge in [-0.1, -0.05) is 13.8 Å². The highest BCUT2D eigenvalue weighted by Crippen LogP contribution is 2.45. The fourth-order valence-corrected chi connectivity index (χ4v) is 2.88. The number of sulfonamides is 1. The second-order valence-corrected chi connectivity index (χ2v) is 6.57. The van der Waals surface area contributed by atoms with Gasteiger partial charge in [-0.05, 0) is 24.0 Å². The standard InChI is InChI=1S/C11H13N3O2S/c1-11(2)5-10(11)14-17(15,16)9-4-3-8(6-12)13-7-9/h3-4,7,10,14H,5H2,1-2H3. The van der Waals surface area contributed by atoms with Gasteiger partial charge in [-0.2, -0.15) is 5.26 Å². The highest BCUT2D eigenvalue weighted by molar-refractivity contribution is 7.89. The van der Waals surface area contributed by atoms with E-state index < -0.39 is 10.0 Å². The molecule has 17 heavy (non-hydrogen) atoms. The number of pyridine rings is 1. The molecular weight excluding hydrogens is 238 g/mol. The van der Waals surface area contributed by atoms with E-state index in [0.717, 1.165) is 6.42 Å². The fourth-order valence-electron chi connectivity index (χ4n) is 1.53. The average Bonchev–Trinajstić information content (AvgIpc) is 2.85. The van der Waals surface area contributed by atoms with Gasteiger partial charge in [-0.15, -0.1) is 0 Å². The minimum absolute atomic E-state index is 0.0110. The second kappa shape index (κ2) is 3.79. The zero-order valence-corrected chi connectivity index (χ0v) is 10.5. The van der Waals surface area contributed by atoms with Crippen LogP contribution in [0.2, 0.25) is 0 Å². The summed E-state index contributed by atoms with van der Waals surface area (Å²) in [6, 6.07) is 4.62. The predicted octanol–water partition coefficient (Wildman–Crippen LogP) is 1.03. The summed E-state index contributed by atoms with van der Waals surface area (Å²) in [5, 5.41) is 8.58. The molecule has 1 heterocycles. The maximum absolute atomic E-state index is 11.9. The number of hydrogen-bond donors (Lipinski definition) is 1. The van der Waals surface area contributed by atoms with Gasteiger partial charge in [-0.3, -0.25) is 0 Å². The molecule has 0 bridgehead atoms. The predicted molar refractivity (Wildman–Crippen MR) is 61.5 cm³/mol. The van der Waals surface area contributed by atoms with Gasteiger partial charge in [0.2, 0.25) is 10.0 Å². The first kappa shape index (κ1) is 12.0. The van der Waals surface area contributed by atoms with Gasteiger partial charge in [0, 0.05) is 12.2 Å². The van der Waals surface area contributed by atoms with Crippen molar-refractivity contribution < 1.29 is 8.42 Å². The summed E-state index contributed by atoms with van der Waals surface area (Å²) in [4.78, 5) is 3.84. The molecule has 1 aliphatic carbocycles. The summed E-state index contributed by atoms with van der Waals surface area (Å²) in [6.07, 6.45) is 2.05. The van der Waals surface area contributed by atoms with Gasteiger partial charge in [0.15, 0.2) is 0 Å². The molecule has 0 aliphatic heterocycles. The SMILES string of the molecule is CC1(C)CC1NS(=O)(=O)c1ccc(C#N)nc1. The van der Waals surface area contributed by atoms with E-state index in [1.54, 1.807) is 0 Å². The molecular formula is C11H13N3O2S. The molecule has 1 aromatic heterocycles. The molecule has 0 saturated heterocycles. The van der Waals surface area contributed by atoms with Gasteiger partial charge in [0.05, 0.1) is 0 Å². The number of nitrogens with one attached hydrogen (secondary N) is 1. The van der Waals surface area contributed by atoms with E-state index in [1.807, 2.05) is 19.9 Å². The topological polar surface area (TPSA) is 82.9 Å². The molecule has 1 atom stereocenters. The Morgan fingerprint density at radius 2 is 2.18 bits per heavy atom. The highest BCUT2D eigenvalue weighted by atomic mass is 32.2. The maximum atomic E-state index is 11.9. The van der Waals surface area contributed by atoms with Crippen molar-refractivity contribution in [2.24, 2.45) is 5.41 Å². The van der Waals surface area contributed by atoms with Crippen LogP contribution in [0.5, 0.6) is 0 Å². The quantitative estimate of drug-likeness (QED) is 0.869. The lowest BCUT2D eigenvalue weighted by molar-refractivity contribution is 0.554. The molecule has 0 spiro atoms. The van der Waals surface area contributed by atoms with Crippen molar-refractivity contribution in [3.05, 3.63) is 24.0 Å². The van der Waals surface area contributed by atoms with Gasteiger partial charge >= 0.3 is 0 Å². The van der Waals surface area contributed by atoms with Gasteiger partial charge in [0.25, 0.3) is 0 Å². The molecule has 1 aliphatic rings. The summed E-state index contributed by atoms with van der Waals surface area (Å²) in [5.74, 6) is 0. The first-order valence-corrected chi connectivity index (χ1v) is 6.72. The van der Waals surface area contributed by atoms with Crippen LogP contribution in [0.1, 0.15) is 26.0 Å². The molecule has 5 nitrogen and oxygen atoms in total. The molecule has 1 aromatic rings. The largest absolute Gasteiger partial charge is 0.244 e. The van der Waals surface area contributed by atoms with E-state index >= 15 is 0 Å². The zero-order valence-electron chi connectivity index (χ0n) is 9.64. The van der Waals surface area contributed by atoms with Gasteiger partial charge in [-0.25, -0.2) is 18.1 Å². The van der Waals surface area contributed by atoms with Crippen LogP contribution in [0.15, 0.2) is 23.2 Å². The van der Waals surface area contributed by atoms with E-state index in [4.69, 9.17) is 5.26 Å². The lowest BCUT2D eigenvalue weighted by Crippen LogP contribution is -2.28. The minimum Gasteiger partial charge on any atom is -0.244 e. The molecule has 0 radical (unpaired) electrons. The number of aromatic nitrogens is 1. The monoisotopic (exact) mass is 251 g/mol. The third kappa shape index (κ3) is 2.46. The molecule has 1 unspecified atom stereocenters. The van der Waals surface area contributed by atoms with Crippen molar-refractivity contribution in [1.29, 1.82) is 5.26 Å². The molecule has 1 N–H and O–H groups in total. The lowest BCUT2D eigenvalue weighted by atomic mass is 10.2. The van der Waals surface area contributed by atoms with E-state index in [2.05, 4.69) is 9.71 Å². The Morgan fingerprint density at radius 3 is 2.59 bits per heavy atom. The van der Waals surface area contributed by atoms with Gasteiger partial charge in [0.1, 0.15) is 16.7 Å². The minimum atomic E-state index is -3.51. The lowest BCUT2D eigenvalue weighted by Gasteiger charge is -2.07. The van der Waals surface area contributed by atoms with Crippen LogP contribution in [0.3, 0.4) is 0 Å². The Bertz CT molecular complexity index is 570. The van der Waals surface area contributed by atoms with Crippen LogP contribution >= 0.6 is 0 Å². The Balaban J connectivity index is 2.18. The van der Waals surface area contributed by atoms with Crippen LogP contribution in [0.4, 0.5) is 0 Å². The molecule has 0 amide bonds. The Kier molecular flexibility index (Phi) is 2.68. The Hall–Kier alpha value is -1.45. The molecule has 90 valence electrons. The molecule has 6 heteroatoms. The highest BCUT2D eigenvalue weighted by Gasteiger charge is 2.47. The van der Waals surface area contributed by atoms with Crippen molar-refractivity contribution in [2.45, 2.75) is 31.2 Å². The van der Waals surface area contributed by atoms with Crippen molar-refractivity contribution in [1.82, 2.24) is 9.71 Å². The van der Waals surface area contributed by atoms with Crippen LogP contribution in [0, 0.1) is 16.7 Å². The Labute approximate surface area is 101 Å². The molecule has 2 rings (SSSR count). The number of nitrogens with zero attached hydrogens (tertiary/aromatic N) is 2. The van der Waals surface area contributed by atoms with Gasteiger partial charge < -0.3 is 0 Å². The van der Waals surface area contributed by atoms with Crippen molar-refractivity contribution in [2.75, 3.05) is 0 Å². The molecule has 0 aromatic carbocycles. The Morgan fingerprint density at radius 1 is 1.53 bits per heavy atom. The first-order valence-electron chi connectivity index (χ1n) is 5.24. The fraction of sp³-hybridized carbons (Fsp3) is 0.455. The van der Waals surface area contributed by atoms with E-state index in [9.17, 15) is 8.42 Å². The number of nitriles is 1. The van der Waals surface area contributed by atoms with Crippen LogP contribution in [0.25, 0.3) is 0 Å². The van der Waals surface area contributed by atoms with Crippen molar-refractivity contribution in [3.63, 3.8) is 0 Å². The first-order chi connectivity index (χ1) is 7.85. The van der Waals surface area contributed by atoms with Crippen LogP contribution in [-0.2, 0) is 10.0 Å². The third-order valence-electron chi connectivity index (χ3n) is 2.97. The van der Waals surface area contributed by atoms with E-state index in [0.29, 0.717) is 0 Å². The molecule has 1 saturated carbocycles. The van der Waals surface area contributed by atoms with E-state index in [-0.39, 0.29) is 22.0 Å². The second-order valence-electron chi connectivity index (χ2n) is 4.86. The van der Waals surface area contributed by atoms with Crippen LogP contribution < -0.4 is 4.72 Å². The third-order valence-corrected chi connectivity index (χ3v) is 4.43. The summed E-state index contributed by atoms with van der Waals surface area (Å²) < 4.78 is 26.5. The number of hydrogen-bond acceptors (Lipinski definition) is 4. The summed E-state index contributed by atoms with van der Waals surface area (Å²) in [7, 11) is -3.51.